The smallest absolute Gasteiger partial charge is 0.161 e. The number of hydrogen-bond acceptors (Lipinski definition) is 3. The molecule has 1 fully saturated rings. The molecule has 0 atom stereocenters. The zero-order valence-corrected chi connectivity index (χ0v) is 12.6. The van der Waals surface area contributed by atoms with Gasteiger partial charge in [-0.15, -0.1) is 0 Å². The van der Waals surface area contributed by atoms with E-state index < -0.39 is 0 Å². The summed E-state index contributed by atoms with van der Waals surface area (Å²) in [4.78, 5) is 4.98. The highest BCUT2D eigenvalue weighted by atomic mass is 32.2. The van der Waals surface area contributed by atoms with Crippen LogP contribution >= 0.6 is 11.8 Å². The van der Waals surface area contributed by atoms with Gasteiger partial charge in [-0.25, -0.2) is 0 Å². The fourth-order valence-electron chi connectivity index (χ4n) is 3.07. The van der Waals surface area contributed by atoms with Crippen molar-refractivity contribution in [2.45, 2.75) is 51.0 Å². The molecule has 0 unspecified atom stereocenters. The van der Waals surface area contributed by atoms with E-state index in [9.17, 15) is 0 Å². The highest BCUT2D eigenvalue weighted by Gasteiger charge is 2.38. The molecule has 1 spiro atoms. The van der Waals surface area contributed by atoms with Crippen LogP contribution < -0.4 is 5.32 Å². The van der Waals surface area contributed by atoms with Crippen molar-refractivity contribution in [2.24, 2.45) is 4.99 Å². The molecule has 0 bridgehead atoms. The third-order valence-electron chi connectivity index (χ3n) is 4.17. The second-order valence-electron chi connectivity index (χ2n) is 6.00. The number of para-hydroxylation sites is 1. The van der Waals surface area contributed by atoms with Gasteiger partial charge in [0.2, 0.25) is 0 Å². The van der Waals surface area contributed by atoms with Crippen LogP contribution in [0.15, 0.2) is 29.3 Å². The van der Waals surface area contributed by atoms with E-state index in [1.54, 1.807) is 0 Å². The lowest BCUT2D eigenvalue weighted by atomic mass is 10.0. The van der Waals surface area contributed by atoms with Gasteiger partial charge in [0.25, 0.3) is 0 Å². The number of anilines is 1. The van der Waals surface area contributed by atoms with E-state index in [0.29, 0.717) is 5.92 Å². The van der Waals surface area contributed by atoms with Gasteiger partial charge < -0.3 is 5.32 Å². The molecule has 0 amide bonds. The molecule has 0 aromatic heterocycles. The molecule has 3 heteroatoms. The molecular weight excluding hydrogens is 252 g/mol. The molecule has 2 aliphatic rings. The van der Waals surface area contributed by atoms with E-state index >= 15 is 0 Å². The Kier molecular flexibility index (Phi) is 3.57. The van der Waals surface area contributed by atoms with Gasteiger partial charge in [-0.2, -0.15) is 0 Å². The van der Waals surface area contributed by atoms with Crippen LogP contribution in [0.2, 0.25) is 0 Å². The van der Waals surface area contributed by atoms with Gasteiger partial charge in [0, 0.05) is 11.4 Å². The molecule has 2 nitrogen and oxygen atoms in total. The lowest BCUT2D eigenvalue weighted by Crippen LogP contribution is -2.21. The summed E-state index contributed by atoms with van der Waals surface area (Å²) in [5, 5.41) is 4.68. The number of amidine groups is 1. The maximum atomic E-state index is 4.98. The van der Waals surface area contributed by atoms with Crippen LogP contribution in [0.4, 0.5) is 5.69 Å². The maximum Gasteiger partial charge on any atom is 0.161 e. The van der Waals surface area contributed by atoms with E-state index in [1.807, 2.05) is 11.8 Å². The molecule has 1 saturated carbocycles. The monoisotopic (exact) mass is 274 g/mol. The van der Waals surface area contributed by atoms with E-state index in [2.05, 4.69) is 43.4 Å². The van der Waals surface area contributed by atoms with Crippen molar-refractivity contribution in [3.63, 3.8) is 0 Å². The van der Waals surface area contributed by atoms with Crippen LogP contribution in [-0.2, 0) is 0 Å². The number of hydrogen-bond donors (Lipinski definition) is 1. The summed E-state index contributed by atoms with van der Waals surface area (Å²) in [6.07, 6.45) is 5.24. The Morgan fingerprint density at radius 2 is 1.95 bits per heavy atom. The first-order valence-electron chi connectivity index (χ1n) is 7.27. The third-order valence-corrected chi connectivity index (χ3v) is 5.32. The first-order chi connectivity index (χ1) is 9.19. The van der Waals surface area contributed by atoms with Crippen molar-refractivity contribution < 1.29 is 0 Å². The van der Waals surface area contributed by atoms with Crippen LogP contribution in [-0.4, -0.2) is 16.5 Å². The fraction of sp³-hybridized carbons (Fsp3) is 0.562. The van der Waals surface area contributed by atoms with Gasteiger partial charge in [0.1, 0.15) is 0 Å². The number of nitrogens with zero attached hydrogens (tertiary/aromatic N) is 1. The first-order valence-corrected chi connectivity index (χ1v) is 8.26. The van der Waals surface area contributed by atoms with Crippen LogP contribution in [0.3, 0.4) is 0 Å². The Morgan fingerprint density at radius 1 is 1.21 bits per heavy atom. The van der Waals surface area contributed by atoms with Gasteiger partial charge in [0.05, 0.1) is 5.54 Å². The summed E-state index contributed by atoms with van der Waals surface area (Å²) in [7, 11) is 0. The van der Waals surface area contributed by atoms with E-state index in [0.717, 1.165) is 5.17 Å². The van der Waals surface area contributed by atoms with Crippen molar-refractivity contribution in [1.82, 2.24) is 0 Å². The van der Waals surface area contributed by atoms with Crippen molar-refractivity contribution in [3.8, 4) is 0 Å². The number of thioether (sulfide) groups is 1. The largest absolute Gasteiger partial charge is 0.335 e. The summed E-state index contributed by atoms with van der Waals surface area (Å²) in [5.41, 5.74) is 2.86. The summed E-state index contributed by atoms with van der Waals surface area (Å²) in [6, 6.07) is 8.58. The average Bonchev–Trinajstić information content (AvgIpc) is 3.01. The molecule has 1 aromatic carbocycles. The van der Waals surface area contributed by atoms with Crippen molar-refractivity contribution >= 4 is 22.6 Å². The predicted octanol–water partition coefficient (Wildman–Crippen LogP) is 4.64. The van der Waals surface area contributed by atoms with Gasteiger partial charge in [-0.05, 0) is 30.4 Å². The quantitative estimate of drug-likeness (QED) is 0.849. The topological polar surface area (TPSA) is 24.4 Å². The number of nitrogens with one attached hydrogen (secondary N) is 1. The maximum absolute atomic E-state index is 4.98. The van der Waals surface area contributed by atoms with Crippen molar-refractivity contribution in [1.29, 1.82) is 0 Å². The predicted molar refractivity (Wildman–Crippen MR) is 85.2 cm³/mol. The molecule has 0 saturated heterocycles. The molecule has 1 N–H and O–H groups in total. The number of aliphatic imine (C=N–C) groups is 1. The lowest BCUT2D eigenvalue weighted by molar-refractivity contribution is 0.508. The van der Waals surface area contributed by atoms with Gasteiger partial charge in [0.15, 0.2) is 5.17 Å². The summed E-state index contributed by atoms with van der Waals surface area (Å²) >= 11 is 1.89. The molecule has 1 aromatic rings. The zero-order chi connectivity index (χ0) is 13.3. The second-order valence-corrected chi connectivity index (χ2v) is 6.97. The van der Waals surface area contributed by atoms with Crippen LogP contribution in [0.5, 0.6) is 0 Å². The van der Waals surface area contributed by atoms with E-state index in [1.165, 1.54) is 42.7 Å². The molecule has 1 aliphatic carbocycles. The zero-order valence-electron chi connectivity index (χ0n) is 11.8. The highest BCUT2D eigenvalue weighted by Crippen LogP contribution is 2.41. The van der Waals surface area contributed by atoms with Crippen molar-refractivity contribution in [2.75, 3.05) is 11.1 Å². The van der Waals surface area contributed by atoms with Crippen LogP contribution in [0.25, 0.3) is 0 Å². The molecular formula is C16H22N2S. The lowest BCUT2D eigenvalue weighted by Gasteiger charge is -2.16. The Labute approximate surface area is 120 Å². The minimum atomic E-state index is 0.264. The second kappa shape index (κ2) is 5.20. The van der Waals surface area contributed by atoms with Gasteiger partial charge in [-0.1, -0.05) is 56.7 Å². The molecule has 19 heavy (non-hydrogen) atoms. The summed E-state index contributed by atoms with van der Waals surface area (Å²) in [5.74, 6) is 1.70. The average molecular weight is 274 g/mol. The Bertz CT molecular complexity index is 487. The standard InChI is InChI=1S/C16H22N2S/c1-12(2)13-7-3-4-8-14(13)17-15-18-16(11-19-15)9-5-6-10-16/h3-4,7-8,12H,5-6,9-11H2,1-2H3,(H,17,18). The minimum Gasteiger partial charge on any atom is -0.335 e. The molecule has 1 aliphatic heterocycles. The molecule has 0 radical (unpaired) electrons. The number of rotatable bonds is 2. The first kappa shape index (κ1) is 13.0. The third kappa shape index (κ3) is 2.66. The SMILES string of the molecule is CC(C)c1ccccc1NC1=NC2(CCCC2)CS1. The van der Waals surface area contributed by atoms with Crippen LogP contribution in [0, 0.1) is 0 Å². The highest BCUT2D eigenvalue weighted by molar-refractivity contribution is 8.14. The summed E-state index contributed by atoms with van der Waals surface area (Å²) < 4.78 is 0. The fourth-order valence-corrected chi connectivity index (χ4v) is 4.26. The molecule has 1 heterocycles. The van der Waals surface area contributed by atoms with E-state index in [4.69, 9.17) is 4.99 Å². The van der Waals surface area contributed by atoms with Gasteiger partial charge >= 0.3 is 0 Å². The Hall–Kier alpha value is -0.960. The van der Waals surface area contributed by atoms with E-state index in [-0.39, 0.29) is 5.54 Å². The van der Waals surface area contributed by atoms with Gasteiger partial charge in [-0.3, -0.25) is 4.99 Å². The summed E-state index contributed by atoms with van der Waals surface area (Å²) in [6.45, 7) is 4.48. The molecule has 102 valence electrons. The van der Waals surface area contributed by atoms with Crippen LogP contribution in [0.1, 0.15) is 51.0 Å². The normalized spacial score (nSPS) is 21.1. The number of benzene rings is 1. The Morgan fingerprint density at radius 3 is 2.68 bits per heavy atom. The minimum absolute atomic E-state index is 0.264. The Balaban J connectivity index is 1.79. The molecule has 3 rings (SSSR count). The van der Waals surface area contributed by atoms with Crippen molar-refractivity contribution in [3.05, 3.63) is 29.8 Å².